The van der Waals surface area contributed by atoms with Crippen molar-refractivity contribution in [3.63, 3.8) is 0 Å². The Labute approximate surface area is 83.0 Å². The smallest absolute Gasteiger partial charge is 0.341 e. The predicted molar refractivity (Wildman–Crippen MR) is 54.9 cm³/mol. The van der Waals surface area contributed by atoms with Crippen molar-refractivity contribution >= 4 is 0 Å². The van der Waals surface area contributed by atoms with E-state index in [4.69, 9.17) is 9.15 Å². The Bertz CT molecular complexity index is 402. The fourth-order valence-electron chi connectivity index (χ4n) is 1.41. The van der Waals surface area contributed by atoms with Crippen LogP contribution < -0.4 is 10.4 Å². The standard InChI is InChI=1S/C11H14O3/c1-5-6-9-7(2)10(12)14-11(13-4)8(9)3/h5H,1,6H2,2-4H3. The highest BCUT2D eigenvalue weighted by Crippen LogP contribution is 2.21. The number of hydrogen-bond acceptors (Lipinski definition) is 3. The Morgan fingerprint density at radius 3 is 2.57 bits per heavy atom. The number of ether oxygens (including phenoxy) is 1. The van der Waals surface area contributed by atoms with Crippen LogP contribution in [0.25, 0.3) is 0 Å². The quantitative estimate of drug-likeness (QED) is 0.691. The molecule has 76 valence electrons. The van der Waals surface area contributed by atoms with Crippen LogP contribution in [0.1, 0.15) is 16.7 Å². The molecule has 0 saturated carbocycles. The predicted octanol–water partition coefficient (Wildman–Crippen LogP) is 1.99. The van der Waals surface area contributed by atoms with Gasteiger partial charge in [0, 0.05) is 11.1 Å². The third-order valence-corrected chi connectivity index (χ3v) is 2.24. The summed E-state index contributed by atoms with van der Waals surface area (Å²) in [5.74, 6) is 0.289. The first-order chi connectivity index (χ1) is 6.61. The van der Waals surface area contributed by atoms with Gasteiger partial charge in [0.25, 0.3) is 5.95 Å². The van der Waals surface area contributed by atoms with Crippen molar-refractivity contribution in [2.24, 2.45) is 0 Å². The van der Waals surface area contributed by atoms with Gasteiger partial charge in [-0.25, -0.2) is 4.79 Å². The van der Waals surface area contributed by atoms with E-state index in [2.05, 4.69) is 6.58 Å². The van der Waals surface area contributed by atoms with Crippen molar-refractivity contribution in [2.75, 3.05) is 7.11 Å². The van der Waals surface area contributed by atoms with Crippen molar-refractivity contribution in [3.05, 3.63) is 39.8 Å². The zero-order valence-electron chi connectivity index (χ0n) is 8.72. The van der Waals surface area contributed by atoms with Crippen LogP contribution in [0, 0.1) is 13.8 Å². The number of allylic oxidation sites excluding steroid dienone is 1. The average Bonchev–Trinajstić information content (AvgIpc) is 2.18. The van der Waals surface area contributed by atoms with Crippen LogP contribution in [-0.4, -0.2) is 7.11 Å². The third-order valence-electron chi connectivity index (χ3n) is 2.24. The second-order valence-electron chi connectivity index (χ2n) is 3.10. The van der Waals surface area contributed by atoms with Gasteiger partial charge < -0.3 is 9.15 Å². The molecular weight excluding hydrogens is 180 g/mol. The topological polar surface area (TPSA) is 39.4 Å². The number of methoxy groups -OCH3 is 1. The summed E-state index contributed by atoms with van der Waals surface area (Å²) in [5.41, 5.74) is 2.09. The minimum Gasteiger partial charge on any atom is -0.468 e. The van der Waals surface area contributed by atoms with Crippen molar-refractivity contribution in [1.82, 2.24) is 0 Å². The Hall–Kier alpha value is -1.51. The first-order valence-electron chi connectivity index (χ1n) is 4.39. The molecule has 0 fully saturated rings. The summed E-state index contributed by atoms with van der Waals surface area (Å²) in [4.78, 5) is 11.4. The SMILES string of the molecule is C=CCc1c(C)c(OC)oc(=O)c1C. The lowest BCUT2D eigenvalue weighted by atomic mass is 10.0. The molecule has 0 aliphatic carbocycles. The molecule has 14 heavy (non-hydrogen) atoms. The third kappa shape index (κ3) is 1.71. The van der Waals surface area contributed by atoms with Gasteiger partial charge in [0.2, 0.25) is 0 Å². The second kappa shape index (κ2) is 4.13. The maximum Gasteiger partial charge on any atom is 0.341 e. The van der Waals surface area contributed by atoms with Gasteiger partial charge >= 0.3 is 5.63 Å². The lowest BCUT2D eigenvalue weighted by molar-refractivity contribution is 0.280. The summed E-state index contributed by atoms with van der Waals surface area (Å²) in [6.07, 6.45) is 2.41. The maximum atomic E-state index is 11.4. The van der Waals surface area contributed by atoms with Crippen molar-refractivity contribution in [1.29, 1.82) is 0 Å². The zero-order valence-corrected chi connectivity index (χ0v) is 8.72. The molecule has 0 saturated heterocycles. The molecule has 0 aliphatic heterocycles. The van der Waals surface area contributed by atoms with E-state index in [9.17, 15) is 4.79 Å². The Morgan fingerprint density at radius 2 is 2.07 bits per heavy atom. The largest absolute Gasteiger partial charge is 0.468 e. The molecule has 0 spiro atoms. The van der Waals surface area contributed by atoms with E-state index < -0.39 is 0 Å². The van der Waals surface area contributed by atoms with Gasteiger partial charge in [0.15, 0.2) is 0 Å². The first-order valence-corrected chi connectivity index (χ1v) is 4.39. The highest BCUT2D eigenvalue weighted by molar-refractivity contribution is 5.37. The van der Waals surface area contributed by atoms with Crippen LogP contribution in [0.4, 0.5) is 0 Å². The molecule has 0 radical (unpaired) electrons. The van der Waals surface area contributed by atoms with Crippen molar-refractivity contribution in [3.8, 4) is 5.95 Å². The Kier molecular flexibility index (Phi) is 3.12. The van der Waals surface area contributed by atoms with Gasteiger partial charge in [-0.15, -0.1) is 6.58 Å². The summed E-state index contributed by atoms with van der Waals surface area (Å²) < 4.78 is 9.93. The molecule has 0 aromatic carbocycles. The van der Waals surface area contributed by atoms with E-state index in [1.165, 1.54) is 7.11 Å². The highest BCUT2D eigenvalue weighted by Gasteiger charge is 2.12. The van der Waals surface area contributed by atoms with E-state index in [0.29, 0.717) is 12.0 Å². The monoisotopic (exact) mass is 194 g/mol. The molecule has 1 rings (SSSR count). The Balaban J connectivity index is 3.44. The zero-order chi connectivity index (χ0) is 10.7. The first kappa shape index (κ1) is 10.6. The van der Waals surface area contributed by atoms with Crippen LogP contribution in [-0.2, 0) is 6.42 Å². The molecule has 0 N–H and O–H groups in total. The highest BCUT2D eigenvalue weighted by atomic mass is 16.6. The molecule has 1 aromatic heterocycles. The lowest BCUT2D eigenvalue weighted by Gasteiger charge is -2.09. The molecule has 0 aliphatic rings. The van der Waals surface area contributed by atoms with Gasteiger partial charge in [-0.1, -0.05) is 6.08 Å². The average molecular weight is 194 g/mol. The summed E-state index contributed by atoms with van der Waals surface area (Å²) >= 11 is 0. The van der Waals surface area contributed by atoms with Gasteiger partial charge in [-0.2, -0.15) is 0 Å². The fourth-order valence-corrected chi connectivity index (χ4v) is 1.41. The minimum absolute atomic E-state index is 0.289. The second-order valence-corrected chi connectivity index (χ2v) is 3.10. The minimum atomic E-state index is -0.343. The van der Waals surface area contributed by atoms with E-state index in [0.717, 1.165) is 11.1 Å². The van der Waals surface area contributed by atoms with Gasteiger partial charge in [0.05, 0.1) is 7.11 Å². The number of rotatable bonds is 3. The molecule has 1 heterocycles. The number of hydrogen-bond donors (Lipinski definition) is 0. The van der Waals surface area contributed by atoms with E-state index in [1.54, 1.807) is 13.0 Å². The molecule has 3 nitrogen and oxygen atoms in total. The molecule has 0 unspecified atom stereocenters. The summed E-state index contributed by atoms with van der Waals surface area (Å²) in [6.45, 7) is 7.27. The normalized spacial score (nSPS) is 9.93. The van der Waals surface area contributed by atoms with E-state index in [-0.39, 0.29) is 11.6 Å². The molecule has 0 amide bonds. The molecule has 1 aromatic rings. The van der Waals surface area contributed by atoms with Crippen LogP contribution >= 0.6 is 0 Å². The van der Waals surface area contributed by atoms with Crippen molar-refractivity contribution < 1.29 is 9.15 Å². The van der Waals surface area contributed by atoms with E-state index in [1.807, 2.05) is 6.92 Å². The molecule has 0 bridgehead atoms. The molecular formula is C11H14O3. The maximum absolute atomic E-state index is 11.4. The van der Waals surface area contributed by atoms with Crippen LogP contribution in [0.3, 0.4) is 0 Å². The van der Waals surface area contributed by atoms with Crippen molar-refractivity contribution in [2.45, 2.75) is 20.3 Å². The van der Waals surface area contributed by atoms with Crippen LogP contribution in [0.2, 0.25) is 0 Å². The summed E-state index contributed by atoms with van der Waals surface area (Å²) in [7, 11) is 1.48. The van der Waals surface area contributed by atoms with Crippen LogP contribution in [0.15, 0.2) is 21.9 Å². The molecule has 0 atom stereocenters. The Morgan fingerprint density at radius 1 is 1.43 bits per heavy atom. The molecule has 3 heteroatoms. The van der Waals surface area contributed by atoms with Crippen LogP contribution in [0.5, 0.6) is 5.95 Å². The summed E-state index contributed by atoms with van der Waals surface area (Å²) in [6, 6.07) is 0. The lowest BCUT2D eigenvalue weighted by Crippen LogP contribution is -2.10. The van der Waals surface area contributed by atoms with Gasteiger partial charge in [-0.05, 0) is 25.8 Å². The van der Waals surface area contributed by atoms with Gasteiger partial charge in [-0.3, -0.25) is 0 Å². The fraction of sp³-hybridized carbons (Fsp3) is 0.364. The van der Waals surface area contributed by atoms with Gasteiger partial charge in [0.1, 0.15) is 0 Å². The van der Waals surface area contributed by atoms with E-state index >= 15 is 0 Å². The summed E-state index contributed by atoms with van der Waals surface area (Å²) in [5, 5.41) is 0.